The molecule has 0 bridgehead atoms. The highest BCUT2D eigenvalue weighted by molar-refractivity contribution is 6.28. The number of methoxy groups -OCH3 is 1. The average Bonchev–Trinajstić information content (AvgIpc) is 2.92. The van der Waals surface area contributed by atoms with Crippen molar-refractivity contribution in [2.45, 2.75) is 6.61 Å². The SMILES string of the molecule is COc1cccc(F)c1-c1nc2nc(Cl)nc(N3CCN(C(=O)OCc4ccccc4)CC3)c2cc1F. The van der Waals surface area contributed by atoms with E-state index in [1.54, 1.807) is 4.90 Å². The first-order chi connectivity index (χ1) is 17.9. The number of carbonyl (C=O) groups excluding carboxylic acids is 1. The van der Waals surface area contributed by atoms with Crippen molar-refractivity contribution in [2.75, 3.05) is 38.2 Å². The van der Waals surface area contributed by atoms with Crippen LogP contribution in [0.1, 0.15) is 5.56 Å². The van der Waals surface area contributed by atoms with Gasteiger partial charge < -0.3 is 19.3 Å². The van der Waals surface area contributed by atoms with Crippen molar-refractivity contribution in [3.05, 3.63) is 77.1 Å². The third-order valence-corrected chi connectivity index (χ3v) is 6.24. The zero-order chi connectivity index (χ0) is 25.9. The lowest BCUT2D eigenvalue weighted by Gasteiger charge is -2.35. The summed E-state index contributed by atoms with van der Waals surface area (Å²) in [4.78, 5) is 28.7. The molecule has 0 unspecified atom stereocenters. The van der Waals surface area contributed by atoms with Crippen LogP contribution in [0.3, 0.4) is 0 Å². The molecule has 0 atom stereocenters. The molecule has 37 heavy (non-hydrogen) atoms. The van der Waals surface area contributed by atoms with Crippen LogP contribution in [-0.4, -0.2) is 59.2 Å². The van der Waals surface area contributed by atoms with Crippen LogP contribution in [0.5, 0.6) is 5.75 Å². The lowest BCUT2D eigenvalue weighted by Crippen LogP contribution is -2.49. The highest BCUT2D eigenvalue weighted by Gasteiger charge is 2.26. The first kappa shape index (κ1) is 24.6. The Labute approximate surface area is 216 Å². The summed E-state index contributed by atoms with van der Waals surface area (Å²) in [5, 5.41) is 0.235. The second kappa shape index (κ2) is 10.5. The number of aromatic nitrogens is 3. The number of fused-ring (bicyclic) bond motifs is 1. The molecule has 1 fully saturated rings. The molecule has 0 saturated carbocycles. The fourth-order valence-corrected chi connectivity index (χ4v) is 4.38. The maximum absolute atomic E-state index is 15.3. The van der Waals surface area contributed by atoms with Gasteiger partial charge in [0.1, 0.15) is 29.7 Å². The maximum atomic E-state index is 15.3. The molecule has 1 saturated heterocycles. The molecule has 2 aromatic heterocycles. The lowest BCUT2D eigenvalue weighted by molar-refractivity contribution is 0.0941. The fourth-order valence-electron chi connectivity index (χ4n) is 4.22. The number of hydrogen-bond acceptors (Lipinski definition) is 7. The Hall–Kier alpha value is -4.05. The number of anilines is 1. The van der Waals surface area contributed by atoms with Gasteiger partial charge in [-0.3, -0.25) is 0 Å². The van der Waals surface area contributed by atoms with E-state index in [4.69, 9.17) is 21.1 Å². The number of rotatable bonds is 5. The summed E-state index contributed by atoms with van der Waals surface area (Å²) in [5.41, 5.74) is 0.664. The van der Waals surface area contributed by atoms with Crippen molar-refractivity contribution in [3.63, 3.8) is 0 Å². The van der Waals surface area contributed by atoms with E-state index < -0.39 is 17.7 Å². The van der Waals surface area contributed by atoms with Gasteiger partial charge in [0.25, 0.3) is 0 Å². The van der Waals surface area contributed by atoms with Crippen LogP contribution in [0.2, 0.25) is 5.28 Å². The molecule has 0 radical (unpaired) electrons. The maximum Gasteiger partial charge on any atom is 0.410 e. The minimum atomic E-state index is -0.758. The Morgan fingerprint density at radius 1 is 0.973 bits per heavy atom. The van der Waals surface area contributed by atoms with Gasteiger partial charge in [0.05, 0.1) is 18.1 Å². The summed E-state index contributed by atoms with van der Waals surface area (Å²) in [7, 11) is 1.37. The van der Waals surface area contributed by atoms with Gasteiger partial charge in [-0.05, 0) is 35.4 Å². The minimum absolute atomic E-state index is 0.0854. The Kier molecular flexibility index (Phi) is 7.00. The topological polar surface area (TPSA) is 80.7 Å². The van der Waals surface area contributed by atoms with E-state index in [0.717, 1.165) is 5.56 Å². The molecular formula is C26H22ClF2N5O3. The summed E-state index contributed by atoms with van der Waals surface area (Å²) in [6.07, 6.45) is -0.412. The highest BCUT2D eigenvalue weighted by Crippen LogP contribution is 2.35. The van der Waals surface area contributed by atoms with Gasteiger partial charge in [-0.2, -0.15) is 9.97 Å². The monoisotopic (exact) mass is 525 g/mol. The fraction of sp³-hybridized carbons (Fsp3) is 0.231. The van der Waals surface area contributed by atoms with Gasteiger partial charge in [-0.25, -0.2) is 18.6 Å². The third kappa shape index (κ3) is 5.10. The van der Waals surface area contributed by atoms with E-state index >= 15 is 4.39 Å². The van der Waals surface area contributed by atoms with Gasteiger partial charge in [0.15, 0.2) is 11.5 Å². The number of hydrogen-bond donors (Lipinski definition) is 0. The Morgan fingerprint density at radius 3 is 2.46 bits per heavy atom. The van der Waals surface area contributed by atoms with Crippen molar-refractivity contribution in [2.24, 2.45) is 0 Å². The number of ether oxygens (including phenoxy) is 2. The lowest BCUT2D eigenvalue weighted by atomic mass is 10.1. The third-order valence-electron chi connectivity index (χ3n) is 6.07. The molecule has 1 aliphatic rings. The molecule has 11 heteroatoms. The van der Waals surface area contributed by atoms with E-state index in [-0.39, 0.29) is 34.5 Å². The molecule has 1 aliphatic heterocycles. The standard InChI is InChI=1S/C26H22ClF2N5O3/c1-36-20-9-5-8-18(28)21(20)22-19(29)14-17-23(30-22)31-25(27)32-24(17)33-10-12-34(13-11-33)26(35)37-15-16-6-3-2-4-7-16/h2-9,14H,10-13,15H2,1H3. The summed E-state index contributed by atoms with van der Waals surface area (Å²) in [6, 6.07) is 14.8. The van der Waals surface area contributed by atoms with Crippen molar-refractivity contribution in [1.82, 2.24) is 19.9 Å². The quantitative estimate of drug-likeness (QED) is 0.336. The van der Waals surface area contributed by atoms with E-state index in [9.17, 15) is 9.18 Å². The predicted molar refractivity (Wildman–Crippen MR) is 135 cm³/mol. The molecule has 2 aromatic carbocycles. The highest BCUT2D eigenvalue weighted by atomic mass is 35.5. The number of benzene rings is 2. The molecule has 1 amide bonds. The van der Waals surface area contributed by atoms with Crippen molar-refractivity contribution in [1.29, 1.82) is 0 Å². The Balaban J connectivity index is 1.37. The van der Waals surface area contributed by atoms with E-state index in [0.29, 0.717) is 37.4 Å². The zero-order valence-corrected chi connectivity index (χ0v) is 20.6. The van der Waals surface area contributed by atoms with Crippen molar-refractivity contribution in [3.8, 4) is 17.0 Å². The number of amides is 1. The van der Waals surface area contributed by atoms with Gasteiger partial charge in [0.2, 0.25) is 5.28 Å². The molecule has 8 nitrogen and oxygen atoms in total. The zero-order valence-electron chi connectivity index (χ0n) is 19.8. The molecule has 0 spiro atoms. The molecule has 4 aromatic rings. The number of nitrogens with zero attached hydrogens (tertiary/aromatic N) is 5. The molecule has 0 aliphatic carbocycles. The van der Waals surface area contributed by atoms with E-state index in [1.807, 2.05) is 35.2 Å². The second-order valence-corrected chi connectivity index (χ2v) is 8.68. The smallest absolute Gasteiger partial charge is 0.410 e. The molecule has 5 rings (SSSR count). The van der Waals surface area contributed by atoms with Crippen LogP contribution in [-0.2, 0) is 11.3 Å². The summed E-state index contributed by atoms with van der Waals surface area (Å²) < 4.78 is 40.5. The molecule has 190 valence electrons. The van der Waals surface area contributed by atoms with Crippen LogP contribution in [0, 0.1) is 11.6 Å². The van der Waals surface area contributed by atoms with E-state index in [1.165, 1.54) is 31.4 Å². The van der Waals surface area contributed by atoms with Crippen LogP contribution in [0.25, 0.3) is 22.3 Å². The van der Waals surface area contributed by atoms with Gasteiger partial charge in [-0.15, -0.1) is 0 Å². The second-order valence-electron chi connectivity index (χ2n) is 8.34. The van der Waals surface area contributed by atoms with E-state index in [2.05, 4.69) is 15.0 Å². The predicted octanol–water partition coefficient (Wildman–Crippen LogP) is 5.09. The molecule has 3 heterocycles. The van der Waals surface area contributed by atoms with Crippen LogP contribution < -0.4 is 9.64 Å². The minimum Gasteiger partial charge on any atom is -0.496 e. The first-order valence-electron chi connectivity index (χ1n) is 11.5. The van der Waals surface area contributed by atoms with Gasteiger partial charge >= 0.3 is 6.09 Å². The van der Waals surface area contributed by atoms with Crippen molar-refractivity contribution < 1.29 is 23.0 Å². The van der Waals surface area contributed by atoms with Crippen LogP contribution in [0.15, 0.2) is 54.6 Å². The summed E-state index contributed by atoms with van der Waals surface area (Å²) in [6.45, 7) is 1.75. The normalized spacial score (nSPS) is 13.6. The number of halogens is 3. The van der Waals surface area contributed by atoms with Crippen LogP contribution in [0.4, 0.5) is 19.4 Å². The average molecular weight is 526 g/mol. The largest absolute Gasteiger partial charge is 0.496 e. The van der Waals surface area contributed by atoms with Crippen LogP contribution >= 0.6 is 11.6 Å². The number of carbonyl (C=O) groups is 1. The summed E-state index contributed by atoms with van der Waals surface area (Å²) >= 11 is 6.18. The van der Waals surface area contributed by atoms with Gasteiger partial charge in [0, 0.05) is 26.2 Å². The number of pyridine rings is 1. The van der Waals surface area contributed by atoms with Crippen molar-refractivity contribution >= 4 is 34.5 Å². The molecule has 0 N–H and O–H groups in total. The first-order valence-corrected chi connectivity index (χ1v) is 11.9. The van der Waals surface area contributed by atoms with Gasteiger partial charge in [-0.1, -0.05) is 36.4 Å². The number of piperazine rings is 1. The Morgan fingerprint density at radius 2 is 1.73 bits per heavy atom. The molecular weight excluding hydrogens is 504 g/mol. The Bertz CT molecular complexity index is 1450. The summed E-state index contributed by atoms with van der Waals surface area (Å²) in [5.74, 6) is -0.918.